The van der Waals surface area contributed by atoms with Crippen LogP contribution in [0.15, 0.2) is 165 Å². The van der Waals surface area contributed by atoms with E-state index in [0.29, 0.717) is 27.6 Å². The van der Waals surface area contributed by atoms with Gasteiger partial charge >= 0.3 is 25.2 Å². The first kappa shape index (κ1) is 52.5. The Morgan fingerprint density at radius 1 is 0.640 bits per heavy atom. The van der Waals surface area contributed by atoms with Crippen molar-refractivity contribution in [1.82, 2.24) is 19.1 Å². The molecule has 4 heterocycles. The van der Waals surface area contributed by atoms with Gasteiger partial charge in [-0.25, -0.2) is 18.9 Å². The van der Waals surface area contributed by atoms with Crippen molar-refractivity contribution in [3.8, 4) is 17.2 Å². The molecule has 5 aromatic carbocycles. The van der Waals surface area contributed by atoms with Crippen LogP contribution in [0.1, 0.15) is 63.5 Å². The van der Waals surface area contributed by atoms with Gasteiger partial charge in [0.15, 0.2) is 0 Å². The number of nitrogens with zero attached hydrogens (tertiary/aromatic N) is 2. The van der Waals surface area contributed by atoms with Gasteiger partial charge in [0.25, 0.3) is 11.1 Å². The monoisotopic (exact) mass is 1060 g/mol. The first-order valence-electron chi connectivity index (χ1n) is 23.7. The number of rotatable bonds is 19. The highest BCUT2D eigenvalue weighted by atomic mass is 35.5. The molecule has 0 spiro atoms. The Balaban J connectivity index is 1.09. The standard InChI is InChI=1S/C54H52ClN4O15P/c1-33-29-58(52(63)56-49(33)60)47-27-43(72-51(62)35-11-7-5-8-12-35)46(71-47)32-69-75(65,73-42-25-19-39(55)20-26-42)74-44-28-48(59-30-34(2)50(61)57-53(59)64)70-45(44)31-68-54(36-13-9-6-10-14-36,37-15-21-40(66-3)22-16-37)38-17-23-41(67-4)24-18-38/h5-26,29-30,43-48H,27-28,31-32H2,1-4H3,(H,56,60,63)(H,57,61,64)/t43-,44-,45+,46+,47+,48+,75?/m0/s1. The Morgan fingerprint density at radius 2 is 1.11 bits per heavy atom. The molecule has 2 N–H and O–H groups in total. The second kappa shape index (κ2) is 22.6. The van der Waals surface area contributed by atoms with Crippen molar-refractivity contribution < 1.29 is 51.4 Å². The summed E-state index contributed by atoms with van der Waals surface area (Å²) in [6.45, 7) is 2.16. The molecule has 2 aromatic heterocycles. The summed E-state index contributed by atoms with van der Waals surface area (Å²) in [5, 5.41) is 0.349. The van der Waals surface area contributed by atoms with Crippen LogP contribution in [0.2, 0.25) is 5.02 Å². The van der Waals surface area contributed by atoms with Crippen LogP contribution in [0, 0.1) is 13.8 Å². The lowest BCUT2D eigenvalue weighted by atomic mass is 9.80. The minimum Gasteiger partial charge on any atom is -0.497 e. The molecule has 2 aliphatic heterocycles. The predicted molar refractivity (Wildman–Crippen MR) is 274 cm³/mol. The van der Waals surface area contributed by atoms with Crippen molar-refractivity contribution in [1.29, 1.82) is 0 Å². The van der Waals surface area contributed by atoms with Crippen LogP contribution in [0.3, 0.4) is 0 Å². The summed E-state index contributed by atoms with van der Waals surface area (Å²) < 4.78 is 74.0. The van der Waals surface area contributed by atoms with Gasteiger partial charge in [-0.3, -0.25) is 37.7 Å². The molecule has 0 saturated carbocycles. The van der Waals surface area contributed by atoms with Gasteiger partial charge < -0.3 is 32.9 Å². The van der Waals surface area contributed by atoms with Crippen LogP contribution in [0.5, 0.6) is 17.2 Å². The zero-order valence-corrected chi connectivity index (χ0v) is 42.6. The highest BCUT2D eigenvalue weighted by Crippen LogP contribution is 2.54. The second-order valence-electron chi connectivity index (χ2n) is 17.7. The lowest BCUT2D eigenvalue weighted by molar-refractivity contribution is -0.0950. The minimum atomic E-state index is -4.92. The van der Waals surface area contributed by atoms with Gasteiger partial charge in [-0.1, -0.05) is 84.4 Å². The van der Waals surface area contributed by atoms with Crippen molar-refractivity contribution in [3.05, 3.63) is 226 Å². The van der Waals surface area contributed by atoms with Crippen LogP contribution in [0.4, 0.5) is 0 Å². The van der Waals surface area contributed by atoms with Crippen molar-refractivity contribution in [3.63, 3.8) is 0 Å². The molecule has 9 rings (SSSR count). The SMILES string of the molecule is COc1ccc(C(OC[C@H]2O[C@@H](n3cc(C)c(=O)[nH]c3=O)C[C@@H]2OP(=O)(OC[C@H]2O[C@@H](n3cc(C)c(=O)[nH]c3=O)C[C@@H]2OC(=O)c2ccccc2)Oc2ccc(Cl)cc2)(c2ccccc2)c2ccc(OC)cc2)cc1. The molecule has 7 atom stereocenters. The molecule has 2 saturated heterocycles. The molecule has 390 valence electrons. The fourth-order valence-electron chi connectivity index (χ4n) is 8.97. The Kier molecular flexibility index (Phi) is 15.8. The number of carbonyl (C=O) groups is 1. The highest BCUT2D eigenvalue weighted by Gasteiger charge is 2.48. The van der Waals surface area contributed by atoms with Gasteiger partial charge in [0.05, 0.1) is 33.0 Å². The number of benzene rings is 5. The lowest BCUT2D eigenvalue weighted by Crippen LogP contribution is -2.39. The molecule has 19 nitrogen and oxygen atoms in total. The van der Waals surface area contributed by atoms with Crippen molar-refractivity contribution in [2.45, 2.75) is 69.2 Å². The molecular weight excluding hydrogens is 1010 g/mol. The Morgan fingerprint density at radius 3 is 1.63 bits per heavy atom. The third-order valence-electron chi connectivity index (χ3n) is 12.9. The van der Waals surface area contributed by atoms with E-state index in [2.05, 4.69) is 9.97 Å². The Bertz CT molecular complexity index is 3360. The molecule has 75 heavy (non-hydrogen) atoms. The van der Waals surface area contributed by atoms with Gasteiger partial charge in [0.2, 0.25) is 0 Å². The van der Waals surface area contributed by atoms with Gasteiger partial charge in [-0.05, 0) is 91.2 Å². The molecule has 1 unspecified atom stereocenters. The molecule has 0 bridgehead atoms. The Labute approximate surface area is 434 Å². The number of aromatic amines is 2. The normalized spacial score (nSPS) is 20.3. The molecule has 2 fully saturated rings. The summed E-state index contributed by atoms with van der Waals surface area (Å²) in [5.41, 5.74) is -1.34. The van der Waals surface area contributed by atoms with Gasteiger partial charge in [0, 0.05) is 41.4 Å². The van der Waals surface area contributed by atoms with Crippen molar-refractivity contribution in [2.24, 2.45) is 0 Å². The molecular formula is C54H52ClN4O15P. The first-order valence-corrected chi connectivity index (χ1v) is 25.6. The lowest BCUT2D eigenvalue weighted by Gasteiger charge is -2.37. The van der Waals surface area contributed by atoms with Crippen LogP contribution in [-0.2, 0) is 38.2 Å². The van der Waals surface area contributed by atoms with E-state index in [9.17, 15) is 24.0 Å². The number of carbonyl (C=O) groups excluding carboxylic acids is 1. The van der Waals surface area contributed by atoms with E-state index in [1.807, 2.05) is 78.9 Å². The number of esters is 1. The van der Waals surface area contributed by atoms with E-state index in [1.165, 1.54) is 55.1 Å². The average molecular weight is 1060 g/mol. The molecule has 21 heteroatoms. The molecule has 0 aliphatic carbocycles. The fraction of sp³-hybridized carbons (Fsp3) is 0.278. The maximum absolute atomic E-state index is 15.6. The van der Waals surface area contributed by atoms with E-state index in [-0.39, 0.29) is 41.9 Å². The van der Waals surface area contributed by atoms with Gasteiger partial charge in [0.1, 0.15) is 59.7 Å². The molecule has 0 amide bonds. The minimum absolute atomic E-state index is 0.0214. The summed E-state index contributed by atoms with van der Waals surface area (Å²) in [4.78, 5) is 69.6. The van der Waals surface area contributed by atoms with Crippen molar-refractivity contribution >= 4 is 25.4 Å². The molecule has 2 aliphatic rings. The maximum Gasteiger partial charge on any atom is 0.530 e. The number of halogens is 1. The van der Waals surface area contributed by atoms with Crippen LogP contribution < -0.4 is 36.5 Å². The largest absolute Gasteiger partial charge is 0.530 e. The van der Waals surface area contributed by atoms with Crippen molar-refractivity contribution in [2.75, 3.05) is 27.4 Å². The van der Waals surface area contributed by atoms with E-state index in [1.54, 1.807) is 44.6 Å². The number of phosphoric ester groups is 1. The maximum atomic E-state index is 15.6. The predicted octanol–water partition coefficient (Wildman–Crippen LogP) is 7.77. The average Bonchev–Trinajstić information content (AvgIpc) is 4.04. The molecule has 7 aromatic rings. The number of aryl methyl sites for hydroxylation is 2. The van der Waals surface area contributed by atoms with E-state index < -0.39 is 85.4 Å². The quantitative estimate of drug-likeness (QED) is 0.0448. The highest BCUT2D eigenvalue weighted by molar-refractivity contribution is 7.49. The summed E-state index contributed by atoms with van der Waals surface area (Å²) in [5.74, 6) is 0.512. The number of nitrogens with one attached hydrogen (secondary N) is 2. The smallest absolute Gasteiger partial charge is 0.497 e. The number of ether oxygens (including phenoxy) is 6. The number of hydrogen-bond donors (Lipinski definition) is 2. The number of methoxy groups -OCH3 is 2. The van der Waals surface area contributed by atoms with E-state index in [4.69, 9.17) is 53.6 Å². The third-order valence-corrected chi connectivity index (χ3v) is 14.6. The summed E-state index contributed by atoms with van der Waals surface area (Å²) in [6.07, 6.45) is -4.48. The topological polar surface area (TPSA) is 227 Å². The number of aromatic nitrogens is 4. The third kappa shape index (κ3) is 11.6. The summed E-state index contributed by atoms with van der Waals surface area (Å²) in [6, 6.07) is 38.3. The number of hydrogen-bond acceptors (Lipinski definition) is 15. The summed E-state index contributed by atoms with van der Waals surface area (Å²) in [7, 11) is -1.79. The number of phosphoric acid groups is 1. The summed E-state index contributed by atoms with van der Waals surface area (Å²) >= 11 is 6.24. The first-order chi connectivity index (χ1) is 36.1. The zero-order chi connectivity index (χ0) is 52.9. The molecule has 0 radical (unpaired) electrons. The van der Waals surface area contributed by atoms with Gasteiger partial charge in [-0.2, -0.15) is 0 Å². The van der Waals surface area contributed by atoms with Crippen LogP contribution in [-0.4, -0.2) is 76.9 Å². The number of H-pyrrole nitrogens is 2. The van der Waals surface area contributed by atoms with E-state index >= 15 is 4.57 Å². The van der Waals surface area contributed by atoms with Crippen LogP contribution in [0.25, 0.3) is 0 Å². The van der Waals surface area contributed by atoms with Gasteiger partial charge in [-0.15, -0.1) is 0 Å². The fourth-order valence-corrected chi connectivity index (χ4v) is 10.5. The second-order valence-corrected chi connectivity index (χ2v) is 19.7. The van der Waals surface area contributed by atoms with Crippen LogP contribution >= 0.6 is 19.4 Å². The Hall–Kier alpha value is -7.35. The zero-order valence-electron chi connectivity index (χ0n) is 41.0. The van der Waals surface area contributed by atoms with E-state index in [0.717, 1.165) is 10.1 Å².